The van der Waals surface area contributed by atoms with E-state index in [9.17, 15) is 14.4 Å². The van der Waals surface area contributed by atoms with Gasteiger partial charge in [0.05, 0.1) is 5.41 Å². The molecule has 1 unspecified atom stereocenters. The van der Waals surface area contributed by atoms with Crippen molar-refractivity contribution in [3.63, 3.8) is 0 Å². The van der Waals surface area contributed by atoms with Crippen molar-refractivity contribution in [1.82, 2.24) is 0 Å². The summed E-state index contributed by atoms with van der Waals surface area (Å²) in [7, 11) is 0. The summed E-state index contributed by atoms with van der Waals surface area (Å²) >= 11 is 0. The molecule has 18 heavy (non-hydrogen) atoms. The van der Waals surface area contributed by atoms with Crippen molar-refractivity contribution in [2.75, 3.05) is 0 Å². The van der Waals surface area contributed by atoms with Gasteiger partial charge in [0.15, 0.2) is 0 Å². The largest absolute Gasteiger partial charge is 0.302 e. The number of hydrogen-bond acceptors (Lipinski definition) is 3. The number of carbonyl (C=O) groups is 3. The van der Waals surface area contributed by atoms with Gasteiger partial charge in [-0.25, -0.2) is 0 Å². The lowest BCUT2D eigenvalue weighted by Gasteiger charge is -2.28. The predicted molar refractivity (Wildman–Crippen MR) is 67.1 cm³/mol. The number of carbonyl (C=O) groups excluding carboxylic acids is 3. The second-order valence-electron chi connectivity index (χ2n) is 4.30. The number of allylic oxidation sites excluding steroid dienone is 4. The maximum Gasteiger partial charge on any atom is 0.149 e. The minimum Gasteiger partial charge on any atom is -0.302 e. The van der Waals surface area contributed by atoms with Crippen LogP contribution in [0.5, 0.6) is 0 Å². The molecule has 0 aromatic heterocycles. The summed E-state index contributed by atoms with van der Waals surface area (Å²) in [6, 6.07) is 9.15. The highest BCUT2D eigenvalue weighted by Gasteiger charge is 2.33. The Balaban J connectivity index is 2.55. The van der Waals surface area contributed by atoms with Crippen LogP contribution in [0.2, 0.25) is 0 Å². The number of hydrogen-bond donors (Lipinski definition) is 0. The third kappa shape index (κ3) is 2.07. The Labute approximate surface area is 105 Å². The number of aldehydes is 3. The highest BCUT2D eigenvalue weighted by atomic mass is 16.1. The van der Waals surface area contributed by atoms with Crippen LogP contribution in [0.1, 0.15) is 12.0 Å². The molecule has 3 heteroatoms. The van der Waals surface area contributed by atoms with E-state index in [-0.39, 0.29) is 0 Å². The number of rotatable bonds is 4. The highest BCUT2D eigenvalue weighted by Crippen LogP contribution is 2.34. The molecule has 1 aliphatic carbocycles. The van der Waals surface area contributed by atoms with Gasteiger partial charge in [0.1, 0.15) is 18.9 Å². The van der Waals surface area contributed by atoms with Gasteiger partial charge in [-0.05, 0) is 23.6 Å². The Bertz CT molecular complexity index is 540. The quantitative estimate of drug-likeness (QED) is 0.754. The van der Waals surface area contributed by atoms with Crippen LogP contribution in [0.3, 0.4) is 0 Å². The SMILES string of the molecule is O=CC1=CC(C=O)(c2ccccc2)CC(C=O)=C1. The van der Waals surface area contributed by atoms with Gasteiger partial charge in [0.25, 0.3) is 0 Å². The van der Waals surface area contributed by atoms with E-state index in [4.69, 9.17) is 0 Å². The predicted octanol–water partition coefficient (Wildman–Crippen LogP) is 1.78. The molecular weight excluding hydrogens is 228 g/mol. The lowest BCUT2D eigenvalue weighted by molar-refractivity contribution is -0.111. The zero-order chi connectivity index (χ0) is 13.0. The van der Waals surface area contributed by atoms with Crippen LogP contribution in [0, 0.1) is 0 Å². The molecule has 0 N–H and O–H groups in total. The molecule has 0 aliphatic heterocycles. The van der Waals surface area contributed by atoms with Crippen LogP contribution in [0.15, 0.2) is 53.6 Å². The standard InChI is InChI=1S/C15H12O3/c16-9-12-6-13(10-17)8-15(7-12,11-18)14-4-2-1-3-5-14/h1-7,9-11H,8H2. The van der Waals surface area contributed by atoms with E-state index in [1.807, 2.05) is 30.3 Å². The Kier molecular flexibility index (Phi) is 3.33. The molecule has 0 fully saturated rings. The second kappa shape index (κ2) is 4.92. The summed E-state index contributed by atoms with van der Waals surface area (Å²) in [6.07, 6.45) is 5.57. The summed E-state index contributed by atoms with van der Waals surface area (Å²) in [5.74, 6) is 0. The highest BCUT2D eigenvalue weighted by molar-refractivity contribution is 5.89. The molecule has 0 saturated heterocycles. The van der Waals surface area contributed by atoms with Gasteiger partial charge in [-0.15, -0.1) is 0 Å². The normalized spacial score (nSPS) is 22.7. The summed E-state index contributed by atoms with van der Waals surface area (Å²) in [6.45, 7) is 0. The first-order valence-electron chi connectivity index (χ1n) is 5.60. The molecule has 0 saturated carbocycles. The molecule has 0 bridgehead atoms. The molecule has 0 spiro atoms. The fourth-order valence-electron chi connectivity index (χ4n) is 2.21. The Morgan fingerprint density at radius 1 is 1.00 bits per heavy atom. The molecular formula is C15H12O3. The molecule has 0 amide bonds. The fraction of sp³-hybridized carbons (Fsp3) is 0.133. The smallest absolute Gasteiger partial charge is 0.149 e. The van der Waals surface area contributed by atoms with E-state index in [1.165, 1.54) is 6.08 Å². The molecule has 1 aromatic rings. The van der Waals surface area contributed by atoms with Gasteiger partial charge in [-0.3, -0.25) is 9.59 Å². The summed E-state index contributed by atoms with van der Waals surface area (Å²) in [4.78, 5) is 33.3. The van der Waals surface area contributed by atoms with Crippen molar-refractivity contribution in [3.05, 3.63) is 59.2 Å². The van der Waals surface area contributed by atoms with Gasteiger partial charge >= 0.3 is 0 Å². The average Bonchev–Trinajstić information content (AvgIpc) is 2.47. The maximum atomic E-state index is 11.5. The van der Waals surface area contributed by atoms with E-state index in [2.05, 4.69) is 0 Å². The second-order valence-corrected chi connectivity index (χ2v) is 4.30. The average molecular weight is 240 g/mol. The van der Waals surface area contributed by atoms with Gasteiger partial charge in [0, 0.05) is 5.57 Å². The maximum absolute atomic E-state index is 11.5. The van der Waals surface area contributed by atoms with Crippen molar-refractivity contribution in [3.8, 4) is 0 Å². The third-order valence-electron chi connectivity index (χ3n) is 3.08. The Morgan fingerprint density at radius 3 is 2.28 bits per heavy atom. The third-order valence-corrected chi connectivity index (χ3v) is 3.08. The zero-order valence-corrected chi connectivity index (χ0v) is 9.71. The fourth-order valence-corrected chi connectivity index (χ4v) is 2.21. The van der Waals surface area contributed by atoms with Gasteiger partial charge in [0.2, 0.25) is 0 Å². The molecule has 1 atom stereocenters. The van der Waals surface area contributed by atoms with Crippen LogP contribution in [-0.4, -0.2) is 18.9 Å². The number of benzene rings is 1. The van der Waals surface area contributed by atoms with Crippen LogP contribution >= 0.6 is 0 Å². The summed E-state index contributed by atoms with van der Waals surface area (Å²) in [5, 5.41) is 0. The lowest BCUT2D eigenvalue weighted by atomic mass is 9.73. The minimum atomic E-state index is -0.914. The van der Waals surface area contributed by atoms with Gasteiger partial charge < -0.3 is 4.79 Å². The molecule has 3 nitrogen and oxygen atoms in total. The van der Waals surface area contributed by atoms with Crippen molar-refractivity contribution in [2.24, 2.45) is 0 Å². The molecule has 0 radical (unpaired) electrons. The van der Waals surface area contributed by atoms with Gasteiger partial charge in [-0.1, -0.05) is 36.4 Å². The first kappa shape index (κ1) is 12.2. The minimum absolute atomic E-state index is 0.293. The van der Waals surface area contributed by atoms with Crippen LogP contribution < -0.4 is 0 Å². The monoisotopic (exact) mass is 240 g/mol. The van der Waals surface area contributed by atoms with E-state index < -0.39 is 5.41 Å². The summed E-state index contributed by atoms with van der Waals surface area (Å²) in [5.41, 5.74) is 0.685. The van der Waals surface area contributed by atoms with E-state index in [0.29, 0.717) is 30.1 Å². The topological polar surface area (TPSA) is 51.2 Å². The molecule has 1 aromatic carbocycles. The van der Waals surface area contributed by atoms with Crippen molar-refractivity contribution >= 4 is 18.9 Å². The summed E-state index contributed by atoms with van der Waals surface area (Å²) < 4.78 is 0. The molecule has 1 aliphatic rings. The Morgan fingerprint density at radius 2 is 1.72 bits per heavy atom. The zero-order valence-electron chi connectivity index (χ0n) is 9.71. The lowest BCUT2D eigenvalue weighted by Crippen LogP contribution is -2.29. The van der Waals surface area contributed by atoms with Crippen LogP contribution in [0.4, 0.5) is 0 Å². The van der Waals surface area contributed by atoms with E-state index >= 15 is 0 Å². The van der Waals surface area contributed by atoms with Gasteiger partial charge in [-0.2, -0.15) is 0 Å². The van der Waals surface area contributed by atoms with E-state index in [1.54, 1.807) is 6.08 Å². The first-order chi connectivity index (χ1) is 8.74. The van der Waals surface area contributed by atoms with E-state index in [0.717, 1.165) is 11.8 Å². The van der Waals surface area contributed by atoms with Crippen LogP contribution in [0.25, 0.3) is 0 Å². The first-order valence-corrected chi connectivity index (χ1v) is 5.60. The molecule has 90 valence electrons. The Hall–Kier alpha value is -2.29. The van der Waals surface area contributed by atoms with Crippen molar-refractivity contribution in [1.29, 1.82) is 0 Å². The van der Waals surface area contributed by atoms with Crippen LogP contribution in [-0.2, 0) is 19.8 Å². The molecule has 0 heterocycles. The van der Waals surface area contributed by atoms with Crippen molar-refractivity contribution < 1.29 is 14.4 Å². The van der Waals surface area contributed by atoms with Crippen molar-refractivity contribution in [2.45, 2.75) is 11.8 Å². The molecule has 2 rings (SSSR count).